The van der Waals surface area contributed by atoms with Gasteiger partial charge in [0.25, 0.3) is 0 Å². The van der Waals surface area contributed by atoms with Crippen LogP contribution in [0.3, 0.4) is 0 Å². The highest BCUT2D eigenvalue weighted by molar-refractivity contribution is 7.07. The molecule has 5 nitrogen and oxygen atoms in total. The van der Waals surface area contributed by atoms with Gasteiger partial charge in [0.15, 0.2) is 0 Å². The van der Waals surface area contributed by atoms with E-state index >= 15 is 0 Å². The maximum Gasteiger partial charge on any atom is 0.329 e. The first-order chi connectivity index (χ1) is 8.31. The molecule has 94 valence electrons. The molecule has 0 spiro atoms. The highest BCUT2D eigenvalue weighted by Crippen LogP contribution is 2.16. The molecule has 0 bridgehead atoms. The minimum absolute atomic E-state index is 0.195. The van der Waals surface area contributed by atoms with Gasteiger partial charge in [0.05, 0.1) is 24.4 Å². The van der Waals surface area contributed by atoms with Gasteiger partial charge < -0.3 is 9.47 Å². The average Bonchev–Trinajstić information content (AvgIpc) is 3.01. The molecular formula is C11H16N2O3S. The fraction of sp³-hybridized carbons (Fsp3) is 0.636. The van der Waals surface area contributed by atoms with Gasteiger partial charge in [-0.15, -0.1) is 11.3 Å². The predicted molar refractivity (Wildman–Crippen MR) is 63.8 cm³/mol. The number of aromatic nitrogens is 1. The maximum atomic E-state index is 11.7. The maximum absolute atomic E-state index is 11.7. The van der Waals surface area contributed by atoms with Crippen molar-refractivity contribution >= 4 is 17.3 Å². The van der Waals surface area contributed by atoms with Crippen LogP contribution in [-0.2, 0) is 14.3 Å². The van der Waals surface area contributed by atoms with Gasteiger partial charge in [-0.25, -0.2) is 9.78 Å². The molecular weight excluding hydrogens is 240 g/mol. The van der Waals surface area contributed by atoms with Crippen LogP contribution < -0.4 is 5.32 Å². The summed E-state index contributed by atoms with van der Waals surface area (Å²) in [7, 11) is 1.38. The first kappa shape index (κ1) is 12.5. The third kappa shape index (κ3) is 3.24. The second-order valence-corrected chi connectivity index (χ2v) is 4.63. The molecule has 6 heteroatoms. The fourth-order valence-electron chi connectivity index (χ4n) is 1.85. The monoisotopic (exact) mass is 256 g/mol. The van der Waals surface area contributed by atoms with Gasteiger partial charge in [0.2, 0.25) is 0 Å². The Morgan fingerprint density at radius 3 is 3.29 bits per heavy atom. The molecule has 0 amide bonds. The quantitative estimate of drug-likeness (QED) is 0.800. The van der Waals surface area contributed by atoms with Crippen molar-refractivity contribution in [2.24, 2.45) is 0 Å². The minimum Gasteiger partial charge on any atom is -0.468 e. The minimum atomic E-state index is -0.490. The van der Waals surface area contributed by atoms with Gasteiger partial charge in [0, 0.05) is 18.5 Å². The van der Waals surface area contributed by atoms with Crippen molar-refractivity contribution in [2.45, 2.75) is 25.0 Å². The van der Waals surface area contributed by atoms with Crippen LogP contribution in [-0.4, -0.2) is 37.3 Å². The van der Waals surface area contributed by atoms with Gasteiger partial charge in [-0.3, -0.25) is 5.32 Å². The van der Waals surface area contributed by atoms with Gasteiger partial charge in [-0.2, -0.15) is 0 Å². The normalized spacial score (nSPS) is 21.4. The Labute approximate surface area is 104 Å². The van der Waals surface area contributed by atoms with E-state index in [2.05, 4.69) is 10.3 Å². The van der Waals surface area contributed by atoms with E-state index < -0.39 is 6.04 Å². The van der Waals surface area contributed by atoms with Crippen LogP contribution in [0, 0.1) is 0 Å². The molecule has 2 unspecified atom stereocenters. The highest BCUT2D eigenvalue weighted by atomic mass is 32.1. The van der Waals surface area contributed by atoms with Crippen molar-refractivity contribution in [3.8, 4) is 0 Å². The van der Waals surface area contributed by atoms with E-state index in [0.29, 0.717) is 12.2 Å². The summed E-state index contributed by atoms with van der Waals surface area (Å²) in [6.07, 6.45) is 2.32. The second-order valence-electron chi connectivity index (χ2n) is 3.91. The number of hydrogen-bond acceptors (Lipinski definition) is 6. The Bertz CT molecular complexity index is 350. The van der Waals surface area contributed by atoms with Crippen molar-refractivity contribution in [1.82, 2.24) is 10.3 Å². The molecule has 0 saturated carbocycles. The van der Waals surface area contributed by atoms with Crippen LogP contribution >= 0.6 is 11.3 Å². The zero-order valence-corrected chi connectivity index (χ0v) is 10.5. The van der Waals surface area contributed by atoms with Crippen molar-refractivity contribution in [3.05, 3.63) is 16.6 Å². The SMILES string of the molecule is COC(=O)C(NCC1CCCO1)c1cscn1. The summed E-state index contributed by atoms with van der Waals surface area (Å²) in [6, 6.07) is -0.490. The number of nitrogens with zero attached hydrogens (tertiary/aromatic N) is 1. The Hall–Kier alpha value is -0.980. The molecule has 0 aromatic carbocycles. The van der Waals surface area contributed by atoms with Gasteiger partial charge in [-0.05, 0) is 12.8 Å². The number of nitrogens with one attached hydrogen (secondary N) is 1. The number of methoxy groups -OCH3 is 1. The molecule has 0 radical (unpaired) electrons. The third-order valence-corrected chi connectivity index (χ3v) is 3.36. The summed E-state index contributed by atoms with van der Waals surface area (Å²) >= 11 is 1.46. The van der Waals surface area contributed by atoms with Crippen LogP contribution in [0.5, 0.6) is 0 Å². The summed E-state index contributed by atoms with van der Waals surface area (Å²) in [5.41, 5.74) is 2.42. The first-order valence-corrected chi connectivity index (χ1v) is 6.56. The van der Waals surface area contributed by atoms with Gasteiger partial charge in [0.1, 0.15) is 6.04 Å². The lowest BCUT2D eigenvalue weighted by Gasteiger charge is -2.17. The fourth-order valence-corrected chi connectivity index (χ4v) is 2.43. The van der Waals surface area contributed by atoms with E-state index in [-0.39, 0.29) is 12.1 Å². The van der Waals surface area contributed by atoms with E-state index in [1.165, 1.54) is 18.4 Å². The van der Waals surface area contributed by atoms with E-state index in [4.69, 9.17) is 9.47 Å². The van der Waals surface area contributed by atoms with Crippen molar-refractivity contribution in [3.63, 3.8) is 0 Å². The zero-order valence-electron chi connectivity index (χ0n) is 9.72. The number of esters is 1. The van der Waals surface area contributed by atoms with Crippen LogP contribution in [0.2, 0.25) is 0 Å². The summed E-state index contributed by atoms with van der Waals surface area (Å²) in [6.45, 7) is 1.46. The topological polar surface area (TPSA) is 60.5 Å². The number of hydrogen-bond donors (Lipinski definition) is 1. The van der Waals surface area contributed by atoms with Gasteiger partial charge >= 0.3 is 5.97 Å². The van der Waals surface area contributed by atoms with E-state index in [1.807, 2.05) is 5.38 Å². The van der Waals surface area contributed by atoms with E-state index in [0.717, 1.165) is 19.4 Å². The summed E-state index contributed by atoms with van der Waals surface area (Å²) in [5, 5.41) is 5.01. The van der Waals surface area contributed by atoms with Crippen LogP contribution in [0.4, 0.5) is 0 Å². The van der Waals surface area contributed by atoms with Crippen molar-refractivity contribution < 1.29 is 14.3 Å². The predicted octanol–water partition coefficient (Wildman–Crippen LogP) is 1.13. The smallest absolute Gasteiger partial charge is 0.329 e. The number of rotatable bonds is 5. The van der Waals surface area contributed by atoms with Crippen molar-refractivity contribution in [2.75, 3.05) is 20.3 Å². The largest absolute Gasteiger partial charge is 0.468 e. The first-order valence-electron chi connectivity index (χ1n) is 5.62. The molecule has 2 atom stereocenters. The summed E-state index contributed by atoms with van der Waals surface area (Å²) in [5.74, 6) is -0.311. The number of thiazole rings is 1. The van der Waals surface area contributed by atoms with E-state index in [1.54, 1.807) is 5.51 Å². The molecule has 17 heavy (non-hydrogen) atoms. The van der Waals surface area contributed by atoms with Crippen molar-refractivity contribution in [1.29, 1.82) is 0 Å². The van der Waals surface area contributed by atoms with Crippen LogP contribution in [0.15, 0.2) is 10.9 Å². The number of ether oxygens (including phenoxy) is 2. The second kappa shape index (κ2) is 6.09. The lowest BCUT2D eigenvalue weighted by atomic mass is 10.2. The molecule has 1 N–H and O–H groups in total. The van der Waals surface area contributed by atoms with E-state index in [9.17, 15) is 4.79 Å². The standard InChI is InChI=1S/C11H16N2O3S/c1-15-11(14)10(9-6-17-7-13-9)12-5-8-3-2-4-16-8/h6-8,10,12H,2-5H2,1H3. The molecule has 1 aromatic rings. The molecule has 1 fully saturated rings. The number of carbonyl (C=O) groups is 1. The van der Waals surface area contributed by atoms with Gasteiger partial charge in [-0.1, -0.05) is 0 Å². The average molecular weight is 256 g/mol. The Morgan fingerprint density at radius 2 is 2.71 bits per heavy atom. The number of carbonyl (C=O) groups excluding carboxylic acids is 1. The Kier molecular flexibility index (Phi) is 4.47. The van der Waals surface area contributed by atoms with Crippen LogP contribution in [0.25, 0.3) is 0 Å². The molecule has 0 aliphatic carbocycles. The zero-order chi connectivity index (χ0) is 12.1. The molecule has 1 aliphatic rings. The Morgan fingerprint density at radius 1 is 1.82 bits per heavy atom. The molecule has 1 saturated heterocycles. The molecule has 1 aliphatic heterocycles. The lowest BCUT2D eigenvalue weighted by Crippen LogP contribution is -2.35. The Balaban J connectivity index is 1.93. The molecule has 2 rings (SSSR count). The summed E-state index contributed by atoms with van der Waals surface area (Å²) in [4.78, 5) is 15.8. The highest BCUT2D eigenvalue weighted by Gasteiger charge is 2.25. The molecule has 1 aromatic heterocycles. The summed E-state index contributed by atoms with van der Waals surface area (Å²) < 4.78 is 10.3. The lowest BCUT2D eigenvalue weighted by molar-refractivity contribution is -0.143. The van der Waals surface area contributed by atoms with Crippen LogP contribution in [0.1, 0.15) is 24.6 Å². The molecule has 2 heterocycles. The third-order valence-electron chi connectivity index (χ3n) is 2.76.